The van der Waals surface area contributed by atoms with Crippen molar-refractivity contribution in [1.82, 2.24) is 14.7 Å². The van der Waals surface area contributed by atoms with Crippen molar-refractivity contribution in [3.05, 3.63) is 29.8 Å². The normalized spacial score (nSPS) is 16.8. The van der Waals surface area contributed by atoms with Gasteiger partial charge in [-0.05, 0) is 72.8 Å². The van der Waals surface area contributed by atoms with Gasteiger partial charge in [-0.3, -0.25) is 9.79 Å². The Morgan fingerprint density at radius 2 is 1.74 bits per heavy atom. The molecular weight excluding hydrogens is 502 g/mol. The number of aliphatic hydroxyl groups is 1. The van der Waals surface area contributed by atoms with Gasteiger partial charge < -0.3 is 14.6 Å². The highest BCUT2D eigenvalue weighted by atomic mass is 16.6. The number of hydrogen-bond donors (Lipinski definition) is 1. The molecule has 0 aromatic carbocycles. The molecule has 0 saturated carbocycles. The predicted molar refractivity (Wildman–Crippen MR) is 149 cm³/mol. The van der Waals surface area contributed by atoms with E-state index in [1.165, 1.54) is 15.8 Å². The zero-order valence-corrected chi connectivity index (χ0v) is 24.7. The highest BCUT2D eigenvalue weighted by molar-refractivity contribution is 6.22. The lowest BCUT2D eigenvalue weighted by atomic mass is 9.76. The highest BCUT2D eigenvalue weighted by Crippen LogP contribution is 2.36. The summed E-state index contributed by atoms with van der Waals surface area (Å²) >= 11 is 0. The fourth-order valence-corrected chi connectivity index (χ4v) is 3.99. The molecule has 1 aliphatic rings. The molecule has 2 amide bonds. The van der Waals surface area contributed by atoms with Gasteiger partial charge in [0, 0.05) is 44.0 Å². The van der Waals surface area contributed by atoms with Crippen LogP contribution in [0, 0.1) is 5.41 Å². The zero-order valence-electron chi connectivity index (χ0n) is 24.7. The second kappa shape index (κ2) is 12.6. The van der Waals surface area contributed by atoms with Gasteiger partial charge in [0.15, 0.2) is 5.78 Å². The van der Waals surface area contributed by atoms with Crippen molar-refractivity contribution in [3.63, 3.8) is 0 Å². The van der Waals surface area contributed by atoms with E-state index in [9.17, 15) is 19.5 Å². The second-order valence-electron chi connectivity index (χ2n) is 12.4. The van der Waals surface area contributed by atoms with E-state index in [1.807, 2.05) is 13.8 Å². The molecule has 1 N–H and O–H groups in total. The molecule has 2 rings (SSSR count). The minimum absolute atomic E-state index is 0.0475. The van der Waals surface area contributed by atoms with E-state index in [4.69, 9.17) is 9.47 Å². The van der Waals surface area contributed by atoms with Crippen molar-refractivity contribution in [2.45, 2.75) is 99.2 Å². The van der Waals surface area contributed by atoms with Crippen molar-refractivity contribution >= 4 is 29.6 Å². The van der Waals surface area contributed by atoms with Gasteiger partial charge in [0.1, 0.15) is 17.0 Å². The van der Waals surface area contributed by atoms with E-state index in [0.717, 1.165) is 0 Å². The first-order chi connectivity index (χ1) is 17.9. The van der Waals surface area contributed by atoms with E-state index in [0.29, 0.717) is 43.5 Å². The van der Waals surface area contributed by atoms with Crippen molar-refractivity contribution in [2.24, 2.45) is 15.4 Å². The molecule has 1 heterocycles. The lowest BCUT2D eigenvalue weighted by Gasteiger charge is -2.29. The number of aliphatic hydroxyl groups excluding tert-OH is 1. The average molecular weight is 546 g/mol. The Bertz CT molecular complexity index is 1130. The summed E-state index contributed by atoms with van der Waals surface area (Å²) in [6, 6.07) is 1.65. The number of allylic oxidation sites excluding steroid dienone is 2. The molecule has 0 atom stereocenters. The summed E-state index contributed by atoms with van der Waals surface area (Å²) in [5, 5.41) is 14.6. The molecule has 0 aliphatic heterocycles. The molecule has 0 radical (unpaired) electrons. The largest absolute Gasteiger partial charge is 0.511 e. The summed E-state index contributed by atoms with van der Waals surface area (Å²) in [6.07, 6.45) is 3.35. The summed E-state index contributed by atoms with van der Waals surface area (Å²) in [7, 11) is 0. The average Bonchev–Trinajstić information content (AvgIpc) is 3.25. The molecule has 0 bridgehead atoms. The molecule has 0 unspecified atom stereocenters. The number of nitrogens with zero attached hydrogens (tertiary/aromatic N) is 5. The molecule has 39 heavy (non-hydrogen) atoms. The number of carbonyl (C=O) groups excluding carboxylic acids is 3. The lowest BCUT2D eigenvalue weighted by molar-refractivity contribution is -0.117. The van der Waals surface area contributed by atoms with Crippen LogP contribution in [0.15, 0.2) is 39.8 Å². The van der Waals surface area contributed by atoms with Crippen LogP contribution < -0.4 is 0 Å². The quantitative estimate of drug-likeness (QED) is 0.275. The van der Waals surface area contributed by atoms with Crippen molar-refractivity contribution in [2.75, 3.05) is 13.1 Å². The summed E-state index contributed by atoms with van der Waals surface area (Å²) in [5.41, 5.74) is -1.03. The number of rotatable bonds is 6. The first-order valence-electron chi connectivity index (χ1n) is 13.2. The van der Waals surface area contributed by atoms with Crippen LogP contribution in [0.25, 0.3) is 0 Å². The minimum Gasteiger partial charge on any atom is -0.511 e. The third-order valence-electron chi connectivity index (χ3n) is 5.50. The van der Waals surface area contributed by atoms with Gasteiger partial charge in [-0.25, -0.2) is 19.2 Å². The maximum Gasteiger partial charge on any atom is 0.437 e. The summed E-state index contributed by atoms with van der Waals surface area (Å²) in [5.74, 6) is -0.0761. The number of ether oxygens (including phenoxy) is 2. The van der Waals surface area contributed by atoms with Gasteiger partial charge in [-0.15, -0.1) is 4.99 Å². The third-order valence-corrected chi connectivity index (χ3v) is 5.50. The van der Waals surface area contributed by atoms with Crippen LogP contribution in [0.4, 0.5) is 9.59 Å². The molecule has 11 nitrogen and oxygen atoms in total. The van der Waals surface area contributed by atoms with Crippen LogP contribution >= 0.6 is 0 Å². The lowest BCUT2D eigenvalue weighted by Crippen LogP contribution is -2.45. The zero-order chi connectivity index (χ0) is 29.6. The van der Waals surface area contributed by atoms with Crippen LogP contribution in [0.1, 0.15) is 88.0 Å². The molecule has 1 aromatic rings. The summed E-state index contributed by atoms with van der Waals surface area (Å²) < 4.78 is 12.2. The number of Topliss-reactive ketones (excluding diaryl/α,β-unsaturated/α-hetero) is 1. The summed E-state index contributed by atoms with van der Waals surface area (Å²) in [4.78, 5) is 48.1. The van der Waals surface area contributed by atoms with E-state index >= 15 is 0 Å². The van der Waals surface area contributed by atoms with Gasteiger partial charge >= 0.3 is 12.2 Å². The van der Waals surface area contributed by atoms with Gasteiger partial charge in [-0.2, -0.15) is 5.10 Å². The number of aromatic nitrogens is 2. The third kappa shape index (κ3) is 10.3. The number of unbranched alkanes of at least 4 members (excludes halogenated alkanes) is 1. The first-order valence-corrected chi connectivity index (χ1v) is 13.2. The van der Waals surface area contributed by atoms with E-state index in [-0.39, 0.29) is 29.5 Å². The minimum atomic E-state index is -0.866. The van der Waals surface area contributed by atoms with Crippen LogP contribution in [0.2, 0.25) is 0 Å². The molecule has 0 saturated heterocycles. The Hall–Kier alpha value is -3.50. The fraction of sp³-hybridized carbons (Fsp3) is 0.643. The SMILES string of the molecule is CC(=NCCCCN(C(=O)OC(C)(C)C)/C(=N\C(=O)OC(C)(C)C)n1cccn1)C1=C(O)CC(C)(C)CC1=O. The predicted octanol–water partition coefficient (Wildman–Crippen LogP) is 5.70. The van der Waals surface area contributed by atoms with Crippen LogP contribution in [0.5, 0.6) is 0 Å². The number of carbonyl (C=O) groups is 3. The van der Waals surface area contributed by atoms with E-state index in [2.05, 4.69) is 15.1 Å². The molecule has 11 heteroatoms. The van der Waals surface area contributed by atoms with Crippen LogP contribution in [0.3, 0.4) is 0 Å². The van der Waals surface area contributed by atoms with E-state index in [1.54, 1.807) is 60.7 Å². The van der Waals surface area contributed by atoms with Crippen LogP contribution in [-0.4, -0.2) is 73.7 Å². The number of ketones is 1. The Labute approximate surface area is 231 Å². The number of aliphatic imine (C=N–C) groups is 2. The molecular formula is C28H43N5O6. The molecule has 1 aromatic heterocycles. The van der Waals surface area contributed by atoms with Crippen LogP contribution in [-0.2, 0) is 14.3 Å². The van der Waals surface area contributed by atoms with Crippen molar-refractivity contribution in [3.8, 4) is 0 Å². The summed E-state index contributed by atoms with van der Waals surface area (Å²) in [6.45, 7) is 16.6. The van der Waals surface area contributed by atoms with Crippen molar-refractivity contribution < 1.29 is 29.0 Å². The maximum atomic E-state index is 13.2. The Morgan fingerprint density at radius 3 is 2.28 bits per heavy atom. The fourth-order valence-electron chi connectivity index (χ4n) is 3.99. The Balaban J connectivity index is 2.21. The molecule has 1 aliphatic carbocycles. The molecule has 216 valence electrons. The van der Waals surface area contributed by atoms with Crippen molar-refractivity contribution in [1.29, 1.82) is 0 Å². The number of hydrogen-bond acceptors (Lipinski definition) is 8. The smallest absolute Gasteiger partial charge is 0.437 e. The van der Waals surface area contributed by atoms with Gasteiger partial charge in [0.25, 0.3) is 0 Å². The Kier molecular flexibility index (Phi) is 10.2. The molecule has 0 spiro atoms. The molecule has 0 fully saturated rings. The van der Waals surface area contributed by atoms with E-state index < -0.39 is 23.4 Å². The van der Waals surface area contributed by atoms with Gasteiger partial charge in [-0.1, -0.05) is 13.8 Å². The monoisotopic (exact) mass is 545 g/mol. The standard InChI is InChI=1S/C28H43N5O6/c1-19(22-20(34)17-28(8,9)18-21(22)35)29-13-10-11-15-32(25(37)39-27(5,6)7)23(33-16-12-14-30-33)31-24(36)38-26(2,3)4/h12,14,16,34H,10-11,13,15,17-18H2,1-9H3/b29-19?,31-23+. The highest BCUT2D eigenvalue weighted by Gasteiger charge is 2.34. The maximum absolute atomic E-state index is 13.2. The second-order valence-corrected chi connectivity index (χ2v) is 12.4. The first kappa shape index (κ1) is 31.7. The topological polar surface area (TPSA) is 136 Å². The number of amides is 2. The van der Waals surface area contributed by atoms with Gasteiger partial charge in [0.2, 0.25) is 5.96 Å². The Morgan fingerprint density at radius 1 is 1.10 bits per heavy atom. The van der Waals surface area contributed by atoms with Gasteiger partial charge in [0.05, 0.1) is 5.57 Å².